The SMILES string of the molecule is CN(c1nc(N)nc2c1ncn2[C@@H]1O[C@H](CO)[C@@H](O)[C@@]1(C)O)C1CC1. The Hall–Kier alpha value is -2.01. The van der Waals surface area contributed by atoms with E-state index in [1.165, 1.54) is 17.8 Å². The second kappa shape index (κ2) is 5.49. The first-order chi connectivity index (χ1) is 11.8. The summed E-state index contributed by atoms with van der Waals surface area (Å²) < 4.78 is 7.17. The summed E-state index contributed by atoms with van der Waals surface area (Å²) in [7, 11) is 1.94. The highest BCUT2D eigenvalue weighted by Gasteiger charge is 2.53. The number of nitrogens with zero attached hydrogens (tertiary/aromatic N) is 5. The molecule has 10 heteroatoms. The van der Waals surface area contributed by atoms with Gasteiger partial charge in [-0.3, -0.25) is 4.57 Å². The first-order valence-corrected chi connectivity index (χ1v) is 8.24. The zero-order chi connectivity index (χ0) is 17.9. The monoisotopic (exact) mass is 350 g/mol. The Morgan fingerprint density at radius 3 is 2.76 bits per heavy atom. The molecule has 0 spiro atoms. The van der Waals surface area contributed by atoms with Gasteiger partial charge in [-0.25, -0.2) is 4.98 Å². The molecule has 2 fully saturated rings. The van der Waals surface area contributed by atoms with Crippen LogP contribution in [0.2, 0.25) is 0 Å². The maximum absolute atomic E-state index is 10.7. The fraction of sp³-hybridized carbons (Fsp3) is 0.667. The van der Waals surface area contributed by atoms with Gasteiger partial charge in [-0.1, -0.05) is 0 Å². The van der Waals surface area contributed by atoms with Gasteiger partial charge in [0.25, 0.3) is 0 Å². The minimum Gasteiger partial charge on any atom is -0.394 e. The van der Waals surface area contributed by atoms with Crippen molar-refractivity contribution in [3.63, 3.8) is 0 Å². The topological polar surface area (TPSA) is 143 Å². The number of rotatable bonds is 4. The maximum Gasteiger partial charge on any atom is 0.224 e. The summed E-state index contributed by atoms with van der Waals surface area (Å²) in [6.07, 6.45) is 0.561. The van der Waals surface area contributed by atoms with E-state index in [9.17, 15) is 15.3 Å². The van der Waals surface area contributed by atoms with E-state index >= 15 is 0 Å². The molecule has 1 saturated carbocycles. The lowest BCUT2D eigenvalue weighted by Gasteiger charge is -2.27. The number of imidazole rings is 1. The summed E-state index contributed by atoms with van der Waals surface area (Å²) in [6.45, 7) is 1.04. The number of aromatic nitrogens is 4. The molecule has 1 aliphatic carbocycles. The van der Waals surface area contributed by atoms with E-state index in [0.717, 1.165) is 12.8 Å². The van der Waals surface area contributed by atoms with E-state index in [4.69, 9.17) is 10.5 Å². The van der Waals surface area contributed by atoms with Crippen molar-refractivity contribution in [3.8, 4) is 0 Å². The summed E-state index contributed by atoms with van der Waals surface area (Å²) in [6, 6.07) is 0.411. The summed E-state index contributed by atoms with van der Waals surface area (Å²) in [5, 5.41) is 30.2. The van der Waals surface area contributed by atoms with Crippen LogP contribution in [0, 0.1) is 0 Å². The third-order valence-electron chi connectivity index (χ3n) is 5.04. The van der Waals surface area contributed by atoms with Gasteiger partial charge >= 0.3 is 0 Å². The molecule has 4 rings (SSSR count). The van der Waals surface area contributed by atoms with Gasteiger partial charge in [-0.15, -0.1) is 0 Å². The van der Waals surface area contributed by atoms with Crippen LogP contribution in [0.3, 0.4) is 0 Å². The summed E-state index contributed by atoms with van der Waals surface area (Å²) in [4.78, 5) is 15.0. The molecule has 1 aliphatic heterocycles. The third-order valence-corrected chi connectivity index (χ3v) is 5.04. The zero-order valence-corrected chi connectivity index (χ0v) is 14.1. The molecule has 4 atom stereocenters. The number of nitrogens with two attached hydrogens (primary N) is 1. The molecule has 136 valence electrons. The van der Waals surface area contributed by atoms with Gasteiger partial charge in [0.15, 0.2) is 23.2 Å². The standard InChI is InChI=1S/C15H22N6O4/c1-15(24)10(23)8(5-22)25-13(15)21-6-17-9-11(20(2)7-3-4-7)18-14(16)19-12(9)21/h6-8,10,13,22-24H,3-5H2,1-2H3,(H2,16,18,19)/t8-,10-,13-,15-/m1/s1. The van der Waals surface area contributed by atoms with E-state index in [2.05, 4.69) is 15.0 Å². The highest BCUT2D eigenvalue weighted by molar-refractivity contribution is 5.85. The largest absolute Gasteiger partial charge is 0.394 e. The normalized spacial score (nSPS) is 32.4. The van der Waals surface area contributed by atoms with Crippen molar-refractivity contribution in [2.75, 3.05) is 24.3 Å². The molecular formula is C15H22N6O4. The van der Waals surface area contributed by atoms with Crippen molar-refractivity contribution in [2.24, 2.45) is 0 Å². The average molecular weight is 350 g/mol. The van der Waals surface area contributed by atoms with Gasteiger partial charge in [0.1, 0.15) is 17.8 Å². The van der Waals surface area contributed by atoms with Crippen molar-refractivity contribution >= 4 is 22.9 Å². The summed E-state index contributed by atoms with van der Waals surface area (Å²) in [5.41, 5.74) is 5.21. The molecule has 25 heavy (non-hydrogen) atoms. The lowest BCUT2D eigenvalue weighted by Crippen LogP contribution is -2.44. The second-order valence-corrected chi connectivity index (χ2v) is 6.95. The Balaban J connectivity index is 1.81. The number of nitrogen functional groups attached to an aromatic ring is 1. The Morgan fingerprint density at radius 1 is 1.44 bits per heavy atom. The molecule has 0 bridgehead atoms. The smallest absolute Gasteiger partial charge is 0.224 e. The lowest BCUT2D eigenvalue weighted by molar-refractivity contribution is -0.0950. The molecule has 2 aromatic rings. The van der Waals surface area contributed by atoms with Crippen LogP contribution in [0.5, 0.6) is 0 Å². The zero-order valence-electron chi connectivity index (χ0n) is 14.1. The number of hydrogen-bond acceptors (Lipinski definition) is 9. The number of hydrogen-bond donors (Lipinski definition) is 4. The predicted molar refractivity (Wildman–Crippen MR) is 88.8 cm³/mol. The van der Waals surface area contributed by atoms with E-state index in [0.29, 0.717) is 23.0 Å². The van der Waals surface area contributed by atoms with Crippen molar-refractivity contribution in [1.29, 1.82) is 0 Å². The van der Waals surface area contributed by atoms with Crippen LogP contribution in [0.4, 0.5) is 11.8 Å². The molecule has 2 aliphatic rings. The second-order valence-electron chi connectivity index (χ2n) is 6.95. The molecule has 1 saturated heterocycles. The van der Waals surface area contributed by atoms with Gasteiger partial charge in [0.2, 0.25) is 5.95 Å². The molecule has 3 heterocycles. The predicted octanol–water partition coefficient (Wildman–Crippen LogP) is -0.991. The first kappa shape index (κ1) is 16.5. The highest BCUT2D eigenvalue weighted by atomic mass is 16.6. The van der Waals surface area contributed by atoms with E-state index in [1.807, 2.05) is 11.9 Å². The van der Waals surface area contributed by atoms with Crippen LogP contribution in [0.15, 0.2) is 6.33 Å². The van der Waals surface area contributed by atoms with E-state index in [-0.39, 0.29) is 5.95 Å². The van der Waals surface area contributed by atoms with Crippen molar-refractivity contribution in [2.45, 2.75) is 49.8 Å². The van der Waals surface area contributed by atoms with Gasteiger partial charge < -0.3 is 30.7 Å². The fourth-order valence-electron chi connectivity index (χ4n) is 3.36. The van der Waals surface area contributed by atoms with Gasteiger partial charge in [-0.2, -0.15) is 9.97 Å². The summed E-state index contributed by atoms with van der Waals surface area (Å²) >= 11 is 0. The van der Waals surface area contributed by atoms with E-state index in [1.54, 1.807) is 0 Å². The molecular weight excluding hydrogens is 328 g/mol. The lowest BCUT2D eigenvalue weighted by atomic mass is 9.96. The summed E-state index contributed by atoms with van der Waals surface area (Å²) in [5.74, 6) is 0.717. The van der Waals surface area contributed by atoms with Crippen LogP contribution < -0.4 is 10.6 Å². The van der Waals surface area contributed by atoms with E-state index < -0.39 is 30.6 Å². The minimum atomic E-state index is -1.62. The van der Waals surface area contributed by atoms with Gasteiger partial charge in [0.05, 0.1) is 12.9 Å². The van der Waals surface area contributed by atoms with Crippen molar-refractivity contribution < 1.29 is 20.1 Å². The molecule has 0 amide bonds. The molecule has 5 N–H and O–H groups in total. The minimum absolute atomic E-state index is 0.0913. The number of aliphatic hydroxyl groups is 3. The molecule has 0 aromatic carbocycles. The van der Waals surface area contributed by atoms with Crippen LogP contribution in [0.25, 0.3) is 11.2 Å². The first-order valence-electron chi connectivity index (χ1n) is 8.24. The van der Waals surface area contributed by atoms with Crippen LogP contribution in [0.1, 0.15) is 26.0 Å². The number of ether oxygens (including phenoxy) is 1. The average Bonchev–Trinajstić information content (AvgIpc) is 3.30. The Kier molecular flexibility index (Phi) is 3.62. The van der Waals surface area contributed by atoms with Gasteiger partial charge in [-0.05, 0) is 19.8 Å². The fourth-order valence-corrected chi connectivity index (χ4v) is 3.36. The molecule has 0 unspecified atom stereocenters. The number of anilines is 2. The Morgan fingerprint density at radius 2 is 2.16 bits per heavy atom. The number of aliphatic hydroxyl groups excluding tert-OH is 2. The van der Waals surface area contributed by atoms with Crippen LogP contribution in [-0.2, 0) is 4.74 Å². The molecule has 0 radical (unpaired) electrons. The number of fused-ring (bicyclic) bond motifs is 1. The maximum atomic E-state index is 10.7. The van der Waals surface area contributed by atoms with Crippen LogP contribution >= 0.6 is 0 Å². The van der Waals surface area contributed by atoms with Gasteiger partial charge in [0, 0.05) is 13.1 Å². The van der Waals surface area contributed by atoms with Crippen molar-refractivity contribution in [3.05, 3.63) is 6.33 Å². The highest BCUT2D eigenvalue weighted by Crippen LogP contribution is 2.40. The molecule has 2 aromatic heterocycles. The van der Waals surface area contributed by atoms with Crippen molar-refractivity contribution in [1.82, 2.24) is 19.5 Å². The Bertz CT molecular complexity index is 805. The third kappa shape index (κ3) is 2.44. The Labute approximate surface area is 143 Å². The quantitative estimate of drug-likeness (QED) is 0.546. The molecule has 10 nitrogen and oxygen atoms in total. The van der Waals surface area contributed by atoms with Crippen LogP contribution in [-0.4, -0.2) is 72.3 Å².